The van der Waals surface area contributed by atoms with Gasteiger partial charge in [0.1, 0.15) is 0 Å². The second kappa shape index (κ2) is 5.50. The van der Waals surface area contributed by atoms with E-state index in [0.717, 1.165) is 9.80 Å². The molecule has 17 heavy (non-hydrogen) atoms. The first-order valence-electron chi connectivity index (χ1n) is 5.72. The number of aryl methyl sites for hydroxylation is 1. The van der Waals surface area contributed by atoms with Crippen molar-refractivity contribution in [3.05, 3.63) is 40.9 Å². The van der Waals surface area contributed by atoms with E-state index in [1.165, 1.54) is 5.56 Å². The first-order chi connectivity index (χ1) is 7.79. The normalized spacial score (nSPS) is 14.5. The van der Waals surface area contributed by atoms with Gasteiger partial charge in [0.2, 0.25) is 0 Å². The number of rotatable bonds is 3. The van der Waals surface area contributed by atoms with Crippen LogP contribution in [-0.2, 0) is 10.8 Å². The van der Waals surface area contributed by atoms with Crippen molar-refractivity contribution in [2.75, 3.05) is 0 Å². The molecule has 0 amide bonds. The molecule has 3 heteroatoms. The third-order valence-corrected chi connectivity index (χ3v) is 3.64. The molecule has 0 heterocycles. The molecule has 1 N–H and O–H groups in total. The van der Waals surface area contributed by atoms with Crippen molar-refractivity contribution < 1.29 is 4.21 Å². The third-order valence-electron chi connectivity index (χ3n) is 2.24. The van der Waals surface area contributed by atoms with Crippen molar-refractivity contribution in [3.8, 4) is 0 Å². The maximum atomic E-state index is 12.2. The molecule has 0 aliphatic heterocycles. The summed E-state index contributed by atoms with van der Waals surface area (Å²) in [5.74, 6) is 0. The smallest absolute Gasteiger partial charge is 0.0820 e. The molecule has 0 saturated heterocycles. The molecule has 1 unspecified atom stereocenters. The lowest BCUT2D eigenvalue weighted by Crippen LogP contribution is -2.31. The van der Waals surface area contributed by atoms with Crippen molar-refractivity contribution in [3.63, 3.8) is 0 Å². The maximum Gasteiger partial charge on any atom is 0.0820 e. The van der Waals surface area contributed by atoms with Crippen LogP contribution in [0.15, 0.2) is 40.3 Å². The number of hydrogen-bond donors (Lipinski definition) is 1. The zero-order chi connectivity index (χ0) is 13.1. The molecular formula is C14H21NOS. The topological polar surface area (TPSA) is 29.1 Å². The summed E-state index contributed by atoms with van der Waals surface area (Å²) in [5.41, 5.74) is 1.18. The summed E-state index contributed by atoms with van der Waals surface area (Å²) in [5, 5.41) is 3.23. The van der Waals surface area contributed by atoms with E-state index >= 15 is 0 Å². The molecule has 0 aliphatic carbocycles. The Kier molecular flexibility index (Phi) is 4.52. The van der Waals surface area contributed by atoms with Crippen molar-refractivity contribution in [2.45, 2.75) is 45.1 Å². The maximum absolute atomic E-state index is 12.2. The zero-order valence-electron chi connectivity index (χ0n) is 11.2. The first kappa shape index (κ1) is 14.0. The fourth-order valence-corrected chi connectivity index (χ4v) is 2.14. The van der Waals surface area contributed by atoms with Gasteiger partial charge < -0.3 is 5.32 Å². The van der Waals surface area contributed by atoms with Gasteiger partial charge in [0, 0.05) is 21.5 Å². The minimum absolute atomic E-state index is 0.00125. The largest absolute Gasteiger partial charge is 0.386 e. The van der Waals surface area contributed by atoms with Gasteiger partial charge >= 0.3 is 0 Å². The summed E-state index contributed by atoms with van der Waals surface area (Å²) < 4.78 is 12.2. The highest BCUT2D eigenvalue weighted by Crippen LogP contribution is 2.14. The van der Waals surface area contributed by atoms with Crippen molar-refractivity contribution in [2.24, 2.45) is 0 Å². The summed E-state index contributed by atoms with van der Waals surface area (Å²) in [6.07, 6.45) is 1.84. The van der Waals surface area contributed by atoms with Crippen LogP contribution in [0.3, 0.4) is 0 Å². The highest BCUT2D eigenvalue weighted by molar-refractivity contribution is 7.89. The Hall–Kier alpha value is -1.09. The van der Waals surface area contributed by atoms with Crippen LogP contribution in [0.5, 0.6) is 0 Å². The molecule has 0 spiro atoms. The molecule has 0 saturated carbocycles. The zero-order valence-corrected chi connectivity index (χ0v) is 12.0. The lowest BCUT2D eigenvalue weighted by molar-refractivity contribution is 0.490. The standard InChI is InChI=1S/C14H21NOS/c1-11-6-8-13(9-7-11)17(16)12(2)10-15-14(3,4)5/h6-10,15H,1-5H3/b12-10+. The summed E-state index contributed by atoms with van der Waals surface area (Å²) >= 11 is 0. The van der Waals surface area contributed by atoms with Gasteiger partial charge in [0.25, 0.3) is 0 Å². The number of allylic oxidation sites excluding steroid dienone is 1. The number of benzene rings is 1. The van der Waals surface area contributed by atoms with E-state index in [-0.39, 0.29) is 5.54 Å². The Bertz CT molecular complexity index is 427. The van der Waals surface area contributed by atoms with E-state index < -0.39 is 10.8 Å². The van der Waals surface area contributed by atoms with Gasteiger partial charge in [0.05, 0.1) is 10.8 Å². The highest BCUT2D eigenvalue weighted by Gasteiger charge is 2.09. The third kappa shape index (κ3) is 4.73. The van der Waals surface area contributed by atoms with Gasteiger partial charge in [-0.05, 0) is 46.8 Å². The molecule has 1 aromatic rings. The van der Waals surface area contributed by atoms with Crippen LogP contribution < -0.4 is 5.32 Å². The Morgan fingerprint density at radius 2 is 1.76 bits per heavy atom. The lowest BCUT2D eigenvalue weighted by atomic mass is 10.1. The molecule has 1 aromatic carbocycles. The SMILES string of the molecule is C/C(=C\NC(C)(C)C)S(=O)c1ccc(C)cc1. The lowest BCUT2D eigenvalue weighted by Gasteiger charge is -2.19. The van der Waals surface area contributed by atoms with Crippen LogP contribution in [0.1, 0.15) is 33.3 Å². The van der Waals surface area contributed by atoms with Gasteiger partial charge in [-0.15, -0.1) is 0 Å². The summed E-state index contributed by atoms with van der Waals surface area (Å²) in [7, 11) is -1.07. The molecular weight excluding hydrogens is 230 g/mol. The van der Waals surface area contributed by atoms with Crippen LogP contribution in [0.2, 0.25) is 0 Å². The average molecular weight is 251 g/mol. The Morgan fingerprint density at radius 1 is 1.24 bits per heavy atom. The molecule has 0 radical (unpaired) electrons. The fourth-order valence-electron chi connectivity index (χ4n) is 1.22. The van der Waals surface area contributed by atoms with Gasteiger partial charge in [-0.2, -0.15) is 0 Å². The number of hydrogen-bond acceptors (Lipinski definition) is 2. The van der Waals surface area contributed by atoms with Crippen LogP contribution >= 0.6 is 0 Å². The minimum Gasteiger partial charge on any atom is -0.386 e. The molecule has 2 nitrogen and oxygen atoms in total. The van der Waals surface area contributed by atoms with Crippen LogP contribution in [-0.4, -0.2) is 9.75 Å². The monoisotopic (exact) mass is 251 g/mol. The first-order valence-corrected chi connectivity index (χ1v) is 6.87. The van der Waals surface area contributed by atoms with Gasteiger partial charge in [-0.3, -0.25) is 0 Å². The molecule has 0 fully saturated rings. The molecule has 0 aliphatic rings. The Labute approximate surface area is 107 Å². The fraction of sp³-hybridized carbons (Fsp3) is 0.429. The molecule has 0 aromatic heterocycles. The molecule has 94 valence electrons. The van der Waals surface area contributed by atoms with Crippen LogP contribution in [0.25, 0.3) is 0 Å². The van der Waals surface area contributed by atoms with Crippen molar-refractivity contribution in [1.82, 2.24) is 5.32 Å². The Balaban J connectivity index is 2.80. The molecule has 1 rings (SSSR count). The predicted octanol–water partition coefficient (Wildman–Crippen LogP) is 3.35. The quantitative estimate of drug-likeness (QED) is 0.892. The van der Waals surface area contributed by atoms with E-state index in [9.17, 15) is 4.21 Å². The summed E-state index contributed by atoms with van der Waals surface area (Å²) in [6, 6.07) is 7.80. The summed E-state index contributed by atoms with van der Waals surface area (Å²) in [6.45, 7) is 10.1. The highest BCUT2D eigenvalue weighted by atomic mass is 32.2. The number of nitrogens with one attached hydrogen (secondary N) is 1. The second-order valence-corrected chi connectivity index (χ2v) is 6.88. The van der Waals surface area contributed by atoms with Crippen LogP contribution in [0, 0.1) is 6.92 Å². The minimum atomic E-state index is -1.07. The van der Waals surface area contributed by atoms with E-state index in [1.807, 2.05) is 44.3 Å². The van der Waals surface area contributed by atoms with E-state index in [4.69, 9.17) is 0 Å². The van der Waals surface area contributed by atoms with Crippen LogP contribution in [0.4, 0.5) is 0 Å². The predicted molar refractivity (Wildman–Crippen MR) is 74.2 cm³/mol. The van der Waals surface area contributed by atoms with E-state index in [0.29, 0.717) is 0 Å². The Morgan fingerprint density at radius 3 is 2.24 bits per heavy atom. The van der Waals surface area contributed by atoms with E-state index in [1.54, 1.807) is 0 Å². The van der Waals surface area contributed by atoms with Gasteiger partial charge in [-0.1, -0.05) is 17.7 Å². The van der Waals surface area contributed by atoms with Gasteiger partial charge in [0.15, 0.2) is 0 Å². The average Bonchev–Trinajstić information content (AvgIpc) is 2.25. The summed E-state index contributed by atoms with van der Waals surface area (Å²) in [4.78, 5) is 1.68. The van der Waals surface area contributed by atoms with E-state index in [2.05, 4.69) is 26.1 Å². The van der Waals surface area contributed by atoms with Crippen molar-refractivity contribution >= 4 is 10.8 Å². The second-order valence-electron chi connectivity index (χ2n) is 5.23. The van der Waals surface area contributed by atoms with Gasteiger partial charge in [-0.25, -0.2) is 4.21 Å². The molecule has 0 bridgehead atoms. The molecule has 1 atom stereocenters. The van der Waals surface area contributed by atoms with Crippen molar-refractivity contribution in [1.29, 1.82) is 0 Å².